The second kappa shape index (κ2) is 6.13. The summed E-state index contributed by atoms with van der Waals surface area (Å²) in [4.78, 5) is 23.1. The maximum Gasteiger partial charge on any atom is 0.448 e. The molecule has 0 fully saturated rings. The number of benzene rings is 1. The lowest BCUT2D eigenvalue weighted by molar-refractivity contribution is -0.269. The Kier molecular flexibility index (Phi) is 4.95. The van der Waals surface area contributed by atoms with Crippen molar-refractivity contribution in [2.45, 2.75) is 25.7 Å². The standard InChI is InChI=1S/C13H14F3NO4/c1-3-21-11(19)12(20,13(14,15)16)17-10(18)9-6-4-8(2)5-7-9/h4-7,20H,3H2,1-2H3,(H,17,18)/t12-/m0/s1. The molecular formula is C13H14F3NO4. The average Bonchev–Trinajstić information content (AvgIpc) is 2.38. The van der Waals surface area contributed by atoms with Gasteiger partial charge in [-0.1, -0.05) is 17.7 Å². The van der Waals surface area contributed by atoms with Crippen molar-refractivity contribution in [1.82, 2.24) is 5.32 Å². The lowest BCUT2D eigenvalue weighted by atomic mass is 10.1. The van der Waals surface area contributed by atoms with Gasteiger partial charge in [0.15, 0.2) is 0 Å². The largest absolute Gasteiger partial charge is 0.462 e. The van der Waals surface area contributed by atoms with Gasteiger partial charge in [-0.3, -0.25) is 4.79 Å². The number of nitrogens with one attached hydrogen (secondary N) is 1. The highest BCUT2D eigenvalue weighted by Crippen LogP contribution is 2.29. The van der Waals surface area contributed by atoms with Gasteiger partial charge >= 0.3 is 17.9 Å². The highest BCUT2D eigenvalue weighted by Gasteiger charge is 2.62. The van der Waals surface area contributed by atoms with E-state index in [1.807, 2.05) is 0 Å². The maximum atomic E-state index is 12.9. The molecule has 1 rings (SSSR count). The first kappa shape index (κ1) is 17.0. The van der Waals surface area contributed by atoms with Crippen molar-refractivity contribution in [3.63, 3.8) is 0 Å². The van der Waals surface area contributed by atoms with Crippen LogP contribution >= 0.6 is 0 Å². The first-order valence-corrected chi connectivity index (χ1v) is 5.97. The van der Waals surface area contributed by atoms with Gasteiger partial charge in [0, 0.05) is 5.56 Å². The van der Waals surface area contributed by atoms with E-state index in [2.05, 4.69) is 4.74 Å². The van der Waals surface area contributed by atoms with Crippen LogP contribution in [0.15, 0.2) is 24.3 Å². The van der Waals surface area contributed by atoms with E-state index in [1.165, 1.54) is 36.5 Å². The lowest BCUT2D eigenvalue weighted by Gasteiger charge is -2.28. The number of amides is 1. The highest BCUT2D eigenvalue weighted by atomic mass is 19.4. The van der Waals surface area contributed by atoms with Gasteiger partial charge in [0.2, 0.25) is 0 Å². The van der Waals surface area contributed by atoms with Gasteiger partial charge in [0.25, 0.3) is 5.91 Å². The van der Waals surface area contributed by atoms with Crippen molar-refractivity contribution in [2.75, 3.05) is 6.61 Å². The molecule has 0 aliphatic heterocycles. The fraction of sp³-hybridized carbons (Fsp3) is 0.385. The van der Waals surface area contributed by atoms with E-state index in [4.69, 9.17) is 0 Å². The second-order valence-corrected chi connectivity index (χ2v) is 4.25. The van der Waals surface area contributed by atoms with Crippen molar-refractivity contribution in [1.29, 1.82) is 0 Å². The number of halogens is 3. The molecule has 116 valence electrons. The minimum Gasteiger partial charge on any atom is -0.462 e. The Labute approximate surface area is 118 Å². The third kappa shape index (κ3) is 3.72. The first-order valence-electron chi connectivity index (χ1n) is 5.97. The highest BCUT2D eigenvalue weighted by molar-refractivity contribution is 5.97. The van der Waals surface area contributed by atoms with Gasteiger partial charge in [-0.25, -0.2) is 4.79 Å². The molecule has 0 saturated heterocycles. The Morgan fingerprint density at radius 1 is 1.24 bits per heavy atom. The topological polar surface area (TPSA) is 75.6 Å². The molecule has 0 heterocycles. The summed E-state index contributed by atoms with van der Waals surface area (Å²) in [5.41, 5.74) is -3.43. The molecule has 1 aromatic rings. The number of ether oxygens (including phenoxy) is 1. The van der Waals surface area contributed by atoms with Gasteiger partial charge in [0.05, 0.1) is 6.61 Å². The number of carbonyl (C=O) groups excluding carboxylic acids is 2. The predicted molar refractivity (Wildman–Crippen MR) is 66.3 cm³/mol. The monoisotopic (exact) mass is 305 g/mol. The van der Waals surface area contributed by atoms with Crippen LogP contribution in [-0.4, -0.2) is 35.5 Å². The van der Waals surface area contributed by atoms with Crippen molar-refractivity contribution in [3.8, 4) is 0 Å². The van der Waals surface area contributed by atoms with Crippen LogP contribution < -0.4 is 5.32 Å². The van der Waals surface area contributed by atoms with Crippen LogP contribution in [0.3, 0.4) is 0 Å². The average molecular weight is 305 g/mol. The molecule has 0 unspecified atom stereocenters. The molecular weight excluding hydrogens is 291 g/mol. The fourth-order valence-electron chi connectivity index (χ4n) is 1.41. The molecule has 2 N–H and O–H groups in total. The molecule has 5 nitrogen and oxygen atoms in total. The number of hydrogen-bond acceptors (Lipinski definition) is 4. The van der Waals surface area contributed by atoms with Gasteiger partial charge in [0.1, 0.15) is 0 Å². The number of alkyl halides is 3. The smallest absolute Gasteiger partial charge is 0.448 e. The van der Waals surface area contributed by atoms with E-state index in [0.717, 1.165) is 5.56 Å². The summed E-state index contributed by atoms with van der Waals surface area (Å²) < 4.78 is 42.7. The fourth-order valence-corrected chi connectivity index (χ4v) is 1.41. The van der Waals surface area contributed by atoms with Crippen LogP contribution in [-0.2, 0) is 9.53 Å². The van der Waals surface area contributed by atoms with E-state index in [1.54, 1.807) is 6.92 Å². The first-order chi connectivity index (χ1) is 9.61. The van der Waals surface area contributed by atoms with Crippen LogP contribution in [0, 0.1) is 6.92 Å². The second-order valence-electron chi connectivity index (χ2n) is 4.25. The van der Waals surface area contributed by atoms with Crippen molar-refractivity contribution in [2.24, 2.45) is 0 Å². The summed E-state index contributed by atoms with van der Waals surface area (Å²) in [7, 11) is 0. The van der Waals surface area contributed by atoms with Crippen LogP contribution in [0.5, 0.6) is 0 Å². The Balaban J connectivity index is 3.04. The van der Waals surface area contributed by atoms with Crippen LogP contribution in [0.4, 0.5) is 13.2 Å². The normalized spacial score (nSPS) is 14.2. The molecule has 0 saturated carbocycles. The van der Waals surface area contributed by atoms with Gasteiger partial charge < -0.3 is 15.2 Å². The molecule has 1 atom stereocenters. The number of esters is 1. The minimum atomic E-state index is -5.42. The van der Waals surface area contributed by atoms with E-state index in [0.29, 0.717) is 0 Å². The Morgan fingerprint density at radius 2 is 1.76 bits per heavy atom. The summed E-state index contributed by atoms with van der Waals surface area (Å²) in [5.74, 6) is -3.24. The molecule has 0 aromatic heterocycles. The molecule has 21 heavy (non-hydrogen) atoms. The van der Waals surface area contributed by atoms with E-state index in [-0.39, 0.29) is 12.2 Å². The molecule has 0 bridgehead atoms. The third-order valence-electron chi connectivity index (χ3n) is 2.59. The van der Waals surface area contributed by atoms with Gasteiger partial charge in [-0.05, 0) is 26.0 Å². The summed E-state index contributed by atoms with van der Waals surface area (Å²) in [6.07, 6.45) is -5.42. The number of hydrogen-bond donors (Lipinski definition) is 2. The zero-order valence-corrected chi connectivity index (χ0v) is 11.3. The van der Waals surface area contributed by atoms with Crippen molar-refractivity contribution in [3.05, 3.63) is 35.4 Å². The number of rotatable bonds is 4. The van der Waals surface area contributed by atoms with Crippen molar-refractivity contribution < 1.29 is 32.6 Å². The summed E-state index contributed by atoms with van der Waals surface area (Å²) >= 11 is 0. The van der Waals surface area contributed by atoms with Crippen molar-refractivity contribution >= 4 is 11.9 Å². The molecule has 0 radical (unpaired) electrons. The molecule has 8 heteroatoms. The zero-order chi connectivity index (χ0) is 16.3. The number of aryl methyl sites for hydroxylation is 1. The van der Waals surface area contributed by atoms with Crippen LogP contribution in [0.2, 0.25) is 0 Å². The summed E-state index contributed by atoms with van der Waals surface area (Å²) in [6.45, 7) is 2.63. The van der Waals surface area contributed by atoms with E-state index < -0.39 is 23.8 Å². The van der Waals surface area contributed by atoms with Gasteiger partial charge in [-0.2, -0.15) is 13.2 Å². The molecule has 0 aliphatic rings. The Morgan fingerprint density at radius 3 is 2.19 bits per heavy atom. The number of aliphatic hydroxyl groups is 1. The SMILES string of the molecule is CCOC(=O)[C@@](O)(NC(=O)c1ccc(C)cc1)C(F)(F)F. The van der Waals surface area contributed by atoms with Gasteiger partial charge in [-0.15, -0.1) is 0 Å². The number of carbonyl (C=O) groups is 2. The summed E-state index contributed by atoms with van der Waals surface area (Å²) in [5, 5.41) is 10.8. The molecule has 0 aliphatic carbocycles. The Hall–Kier alpha value is -2.09. The Bertz CT molecular complexity index is 527. The predicted octanol–water partition coefficient (Wildman–Crippen LogP) is 1.54. The van der Waals surface area contributed by atoms with Crippen LogP contribution in [0.1, 0.15) is 22.8 Å². The molecule has 1 amide bonds. The lowest BCUT2D eigenvalue weighted by Crippen LogP contribution is -2.64. The van der Waals surface area contributed by atoms with E-state index >= 15 is 0 Å². The van der Waals surface area contributed by atoms with Crippen LogP contribution in [0.25, 0.3) is 0 Å². The minimum absolute atomic E-state index is 0.132. The third-order valence-corrected chi connectivity index (χ3v) is 2.59. The molecule has 1 aromatic carbocycles. The quantitative estimate of drug-likeness (QED) is 0.653. The zero-order valence-electron chi connectivity index (χ0n) is 11.3. The molecule has 0 spiro atoms. The van der Waals surface area contributed by atoms with E-state index in [9.17, 15) is 27.9 Å². The maximum absolute atomic E-state index is 12.9. The summed E-state index contributed by atoms with van der Waals surface area (Å²) in [6, 6.07) is 5.55.